The number of piperazine rings is 1. The molecule has 1 fully saturated rings. The van der Waals surface area contributed by atoms with Crippen LogP contribution in [0.5, 0.6) is 0 Å². The molecule has 0 bridgehead atoms. The van der Waals surface area contributed by atoms with Crippen molar-refractivity contribution >= 4 is 23.5 Å². The molecule has 0 radical (unpaired) electrons. The van der Waals surface area contributed by atoms with Crippen molar-refractivity contribution in [3.63, 3.8) is 0 Å². The van der Waals surface area contributed by atoms with Crippen molar-refractivity contribution in [2.24, 2.45) is 0 Å². The van der Waals surface area contributed by atoms with Gasteiger partial charge in [0.1, 0.15) is 26.9 Å². The first-order valence-corrected chi connectivity index (χ1v) is 13.5. The van der Waals surface area contributed by atoms with Crippen molar-refractivity contribution in [3.05, 3.63) is 17.9 Å². The molecular formula is C17H33N2O4SSi+. The Labute approximate surface area is 153 Å². The summed E-state index contributed by atoms with van der Waals surface area (Å²) in [7, 11) is -3.37. The summed E-state index contributed by atoms with van der Waals surface area (Å²) < 4.78 is 30.5. The smallest absolute Gasteiger partial charge is 0.327 e. The van der Waals surface area contributed by atoms with Gasteiger partial charge in [0.25, 0.3) is 0 Å². The molecule has 0 atom stereocenters. The lowest BCUT2D eigenvalue weighted by Gasteiger charge is -2.35. The van der Waals surface area contributed by atoms with Crippen LogP contribution in [0.25, 0.3) is 0 Å². The number of likely N-dealkylation sites (N-methyl/N-ethyl adjacent to an activating group) is 1. The summed E-state index contributed by atoms with van der Waals surface area (Å²) in [5.41, 5.74) is 1.02. The fourth-order valence-electron chi connectivity index (χ4n) is 3.79. The van der Waals surface area contributed by atoms with Crippen LogP contribution >= 0.6 is 0 Å². The third-order valence-electron chi connectivity index (χ3n) is 6.07. The fraction of sp³-hybridized carbons (Fsp3) is 0.765. The van der Waals surface area contributed by atoms with E-state index in [9.17, 15) is 13.6 Å². The van der Waals surface area contributed by atoms with Gasteiger partial charge in [-0.2, -0.15) is 8.42 Å². The molecule has 8 heteroatoms. The molecule has 1 N–H and O–H groups in total. The maximum absolute atomic E-state index is 12.8. The van der Waals surface area contributed by atoms with Crippen molar-refractivity contribution < 1.29 is 22.1 Å². The molecule has 0 saturated carbocycles. The fourth-order valence-corrected chi connectivity index (χ4v) is 9.00. The first-order valence-electron chi connectivity index (χ1n) is 9.31. The second-order valence-corrected chi connectivity index (χ2v) is 14.6. The quantitative estimate of drug-likeness (QED) is 0.544. The Morgan fingerprint density at radius 3 is 2.28 bits per heavy atom. The Morgan fingerprint density at radius 1 is 1.20 bits per heavy atom. The Morgan fingerprint density at radius 2 is 1.76 bits per heavy atom. The van der Waals surface area contributed by atoms with Crippen LogP contribution in [0.15, 0.2) is 16.7 Å². The topological polar surface area (TPSA) is 70.8 Å². The second kappa shape index (κ2) is 7.92. The van der Waals surface area contributed by atoms with E-state index in [4.69, 9.17) is 4.42 Å². The van der Waals surface area contributed by atoms with E-state index in [1.807, 2.05) is 18.0 Å². The molecule has 1 aromatic heterocycles. The zero-order valence-corrected chi connectivity index (χ0v) is 17.8. The summed E-state index contributed by atoms with van der Waals surface area (Å²) in [6.07, 6.45) is 2.11. The Bertz CT molecular complexity index is 654. The zero-order valence-electron chi connectivity index (χ0n) is 16.0. The lowest BCUT2D eigenvalue weighted by molar-refractivity contribution is -1.00. The second-order valence-electron chi connectivity index (χ2n) is 7.25. The molecule has 144 valence electrons. The van der Waals surface area contributed by atoms with E-state index < -0.39 is 22.1 Å². The molecule has 0 aliphatic carbocycles. The van der Waals surface area contributed by atoms with Crippen LogP contribution in [-0.4, -0.2) is 69.6 Å². The molecule has 0 aromatic carbocycles. The maximum Gasteiger partial charge on any atom is 0.327 e. The number of quaternary nitrogens is 1. The predicted molar refractivity (Wildman–Crippen MR) is 102 cm³/mol. The van der Waals surface area contributed by atoms with Gasteiger partial charge in [0.2, 0.25) is 0 Å². The van der Waals surface area contributed by atoms with Gasteiger partial charge >= 0.3 is 10.0 Å². The minimum absolute atomic E-state index is 0.0403. The van der Waals surface area contributed by atoms with Gasteiger partial charge in [0.05, 0.1) is 24.7 Å². The van der Waals surface area contributed by atoms with Crippen molar-refractivity contribution in [3.8, 4) is 0 Å². The highest BCUT2D eigenvalue weighted by molar-refractivity contribution is 7.85. The van der Waals surface area contributed by atoms with Crippen LogP contribution < -0.4 is 5.38 Å². The highest BCUT2D eigenvalue weighted by Gasteiger charge is 2.44. The van der Waals surface area contributed by atoms with Crippen LogP contribution in [0.2, 0.25) is 18.1 Å². The molecule has 0 spiro atoms. The highest BCUT2D eigenvalue weighted by atomic mass is 32.2. The molecule has 2 rings (SSSR count). The molecule has 1 aliphatic rings. The average molecular weight is 390 g/mol. The van der Waals surface area contributed by atoms with Gasteiger partial charge in [-0.1, -0.05) is 43.0 Å². The van der Waals surface area contributed by atoms with E-state index >= 15 is 0 Å². The van der Waals surface area contributed by atoms with E-state index in [2.05, 4.69) is 20.8 Å². The molecule has 6 nitrogen and oxygen atoms in total. The third-order valence-corrected chi connectivity index (χ3v) is 13.7. The predicted octanol–water partition coefficient (Wildman–Crippen LogP) is 2.02. The van der Waals surface area contributed by atoms with Gasteiger partial charge in [0.15, 0.2) is 0 Å². The van der Waals surface area contributed by atoms with Gasteiger partial charge in [0, 0.05) is 0 Å². The van der Waals surface area contributed by atoms with E-state index in [1.165, 1.54) is 0 Å². The maximum atomic E-state index is 12.8. The molecule has 25 heavy (non-hydrogen) atoms. The summed E-state index contributed by atoms with van der Waals surface area (Å²) in [5, 5.41) is 11.7. The number of rotatable bonds is 8. The molecule has 0 amide bonds. The van der Waals surface area contributed by atoms with Gasteiger partial charge < -0.3 is 4.42 Å². The number of aryl methyl sites for hydroxylation is 1. The lowest BCUT2D eigenvalue weighted by Crippen LogP contribution is -2.60. The number of hydrogen-bond donors (Lipinski definition) is 1. The number of furan rings is 1. The number of hydrogen-bond acceptors (Lipinski definition) is 5. The van der Waals surface area contributed by atoms with Crippen molar-refractivity contribution in [1.29, 1.82) is 0 Å². The highest BCUT2D eigenvalue weighted by Crippen LogP contribution is 2.24. The van der Waals surface area contributed by atoms with E-state index in [1.54, 1.807) is 6.26 Å². The van der Waals surface area contributed by atoms with E-state index in [-0.39, 0.29) is 18.8 Å². The van der Waals surface area contributed by atoms with Crippen LogP contribution in [0, 0.1) is 0 Å². The van der Waals surface area contributed by atoms with E-state index in [0.29, 0.717) is 19.5 Å². The van der Waals surface area contributed by atoms with Crippen LogP contribution in [0.3, 0.4) is 0 Å². The molecule has 2 heterocycles. The Kier molecular flexibility index (Phi) is 6.53. The molecule has 1 aliphatic heterocycles. The summed E-state index contributed by atoms with van der Waals surface area (Å²) in [4.78, 5) is 2.04. The first kappa shape index (κ1) is 20.6. The normalized spacial score (nSPS) is 19.2. The Balaban J connectivity index is 2.16. The zero-order chi connectivity index (χ0) is 18.7. The Hall–Kier alpha value is -0.673. The van der Waals surface area contributed by atoms with Gasteiger partial charge in [-0.25, -0.2) is 5.21 Å². The minimum atomic E-state index is -3.62. The third kappa shape index (κ3) is 4.03. The van der Waals surface area contributed by atoms with Crippen LogP contribution in [-0.2, 0) is 16.4 Å². The first-order chi connectivity index (χ1) is 11.7. The SMILES string of the molecule is CC[Si](CC)(CC)c1occc1CCS(=O)(=O)[N+]1(O)CCN(C)CC1. The molecule has 0 unspecified atom stereocenters. The lowest BCUT2D eigenvalue weighted by atomic mass is 10.3. The summed E-state index contributed by atoms with van der Waals surface area (Å²) in [5.74, 6) is -0.0403. The van der Waals surface area contributed by atoms with Crippen molar-refractivity contribution in [2.75, 3.05) is 39.0 Å². The van der Waals surface area contributed by atoms with Crippen LogP contribution in [0.4, 0.5) is 0 Å². The summed E-state index contributed by atoms with van der Waals surface area (Å²) in [6, 6.07) is 5.21. The molecule has 1 aromatic rings. The largest absolute Gasteiger partial charge is 0.474 e. The summed E-state index contributed by atoms with van der Waals surface area (Å²) >= 11 is 0. The molecular weight excluding hydrogens is 356 g/mol. The number of sulfonamides is 1. The average Bonchev–Trinajstić information content (AvgIpc) is 3.07. The van der Waals surface area contributed by atoms with Gasteiger partial charge in [-0.3, -0.25) is 4.90 Å². The summed E-state index contributed by atoms with van der Waals surface area (Å²) in [6.45, 7) is 8.26. The monoisotopic (exact) mass is 389 g/mol. The minimum Gasteiger partial charge on any atom is -0.474 e. The van der Waals surface area contributed by atoms with Crippen molar-refractivity contribution in [2.45, 2.75) is 45.3 Å². The van der Waals surface area contributed by atoms with Gasteiger partial charge in [-0.15, -0.1) is 0 Å². The van der Waals surface area contributed by atoms with Crippen LogP contribution in [0.1, 0.15) is 26.3 Å². The van der Waals surface area contributed by atoms with Crippen molar-refractivity contribution in [1.82, 2.24) is 4.90 Å². The molecule has 1 saturated heterocycles. The standard InChI is InChI=1S/C17H33N2O4SSi/c1-5-25(6-2,7-3)17-16(8-14-23-17)9-15-24(21,22)19(20)12-10-18(4)11-13-19/h8,14,20H,5-7,9-13,15H2,1-4H3/q+1. The number of nitrogens with zero attached hydrogens (tertiary/aromatic N) is 2. The number of hydroxylamine groups is 2. The van der Waals surface area contributed by atoms with Gasteiger partial charge in [-0.05, 0) is 25.1 Å². The van der Waals surface area contributed by atoms with E-state index in [0.717, 1.165) is 29.1 Å².